The lowest BCUT2D eigenvalue weighted by Crippen LogP contribution is -2.45. The Morgan fingerprint density at radius 1 is 1.53 bits per heavy atom. The van der Waals surface area contributed by atoms with Crippen molar-refractivity contribution in [2.75, 3.05) is 20.6 Å². The quantitative estimate of drug-likeness (QED) is 0.648. The number of carbonyl (C=O) groups excluding carboxylic acids is 1. The summed E-state index contributed by atoms with van der Waals surface area (Å²) in [5, 5.41) is 2.90. The van der Waals surface area contributed by atoms with E-state index in [-0.39, 0.29) is 22.9 Å². The summed E-state index contributed by atoms with van der Waals surface area (Å²) in [5.74, 6) is -0.413. The largest absolute Gasteiger partial charge is 0.393 e. The number of amides is 1. The van der Waals surface area contributed by atoms with Crippen LogP contribution in [0.25, 0.3) is 0 Å². The Morgan fingerprint density at radius 3 is 2.40 bits per heavy atom. The molecule has 0 bridgehead atoms. The Hall–Kier alpha value is -0.680. The number of rotatable bonds is 6. The standard InChI is InChI=1S/C10H21N3OS/c1-5-8(9(11)15)10(14)12-7(2)6-13(3)4/h7-8H,5-6H2,1-4H3,(H2,11,15)(H,12,14). The lowest BCUT2D eigenvalue weighted by atomic mass is 10.1. The maximum Gasteiger partial charge on any atom is 0.230 e. The van der Waals surface area contributed by atoms with Crippen LogP contribution in [0, 0.1) is 5.92 Å². The molecule has 1 amide bonds. The summed E-state index contributed by atoms with van der Waals surface area (Å²) >= 11 is 4.84. The van der Waals surface area contributed by atoms with E-state index in [1.807, 2.05) is 32.8 Å². The van der Waals surface area contributed by atoms with Crippen molar-refractivity contribution in [3.63, 3.8) is 0 Å². The zero-order valence-electron chi connectivity index (χ0n) is 9.91. The molecule has 0 fully saturated rings. The molecule has 0 aromatic carbocycles. The molecule has 0 aromatic rings. The first kappa shape index (κ1) is 14.3. The molecule has 0 aliphatic heterocycles. The third kappa shape index (κ3) is 5.69. The average Bonchev–Trinajstić information content (AvgIpc) is 2.01. The van der Waals surface area contributed by atoms with Crippen molar-refractivity contribution in [1.29, 1.82) is 0 Å². The molecule has 0 saturated carbocycles. The van der Waals surface area contributed by atoms with E-state index in [0.717, 1.165) is 6.54 Å². The average molecular weight is 231 g/mol. The van der Waals surface area contributed by atoms with Crippen molar-refractivity contribution < 1.29 is 4.79 Å². The molecular formula is C10H21N3OS. The number of thiocarbonyl (C=S) groups is 1. The first-order valence-corrected chi connectivity index (χ1v) is 5.53. The monoisotopic (exact) mass is 231 g/mol. The van der Waals surface area contributed by atoms with Crippen molar-refractivity contribution in [3.05, 3.63) is 0 Å². The van der Waals surface area contributed by atoms with Gasteiger partial charge in [0, 0.05) is 12.6 Å². The zero-order chi connectivity index (χ0) is 12.0. The van der Waals surface area contributed by atoms with Gasteiger partial charge in [0.25, 0.3) is 0 Å². The second kappa shape index (κ2) is 6.74. The molecule has 0 aromatic heterocycles. The highest BCUT2D eigenvalue weighted by Crippen LogP contribution is 2.03. The third-order valence-electron chi connectivity index (χ3n) is 2.10. The van der Waals surface area contributed by atoms with Gasteiger partial charge in [0.15, 0.2) is 0 Å². The summed E-state index contributed by atoms with van der Waals surface area (Å²) in [6, 6.07) is 0.107. The fourth-order valence-corrected chi connectivity index (χ4v) is 1.73. The van der Waals surface area contributed by atoms with Crippen molar-refractivity contribution >= 4 is 23.1 Å². The van der Waals surface area contributed by atoms with Crippen molar-refractivity contribution in [2.45, 2.75) is 26.3 Å². The van der Waals surface area contributed by atoms with Gasteiger partial charge in [-0.1, -0.05) is 19.1 Å². The molecule has 5 heteroatoms. The smallest absolute Gasteiger partial charge is 0.230 e. The molecule has 0 radical (unpaired) electrons. The summed E-state index contributed by atoms with van der Waals surface area (Å²) in [6.07, 6.45) is 0.649. The van der Waals surface area contributed by atoms with Crippen LogP contribution in [0.4, 0.5) is 0 Å². The van der Waals surface area contributed by atoms with Crippen LogP contribution in [0.5, 0.6) is 0 Å². The topological polar surface area (TPSA) is 58.4 Å². The van der Waals surface area contributed by atoms with Crippen LogP contribution < -0.4 is 11.1 Å². The molecule has 0 aliphatic carbocycles. The van der Waals surface area contributed by atoms with Crippen molar-refractivity contribution in [2.24, 2.45) is 11.7 Å². The Balaban J connectivity index is 4.16. The number of carbonyl (C=O) groups is 1. The van der Waals surface area contributed by atoms with Crippen LogP contribution in [0.2, 0.25) is 0 Å². The van der Waals surface area contributed by atoms with E-state index in [9.17, 15) is 4.79 Å². The van der Waals surface area contributed by atoms with E-state index in [1.165, 1.54) is 0 Å². The van der Waals surface area contributed by atoms with Crippen LogP contribution in [0.3, 0.4) is 0 Å². The van der Waals surface area contributed by atoms with Gasteiger partial charge >= 0.3 is 0 Å². The van der Waals surface area contributed by atoms with E-state index in [1.54, 1.807) is 0 Å². The normalized spacial score (nSPS) is 14.7. The Morgan fingerprint density at radius 2 is 2.07 bits per heavy atom. The maximum absolute atomic E-state index is 11.7. The highest BCUT2D eigenvalue weighted by atomic mass is 32.1. The summed E-state index contributed by atoms with van der Waals surface area (Å²) in [7, 11) is 3.93. The van der Waals surface area contributed by atoms with E-state index >= 15 is 0 Å². The van der Waals surface area contributed by atoms with Gasteiger partial charge in [0.05, 0.1) is 10.9 Å². The number of hydrogen-bond donors (Lipinski definition) is 2. The van der Waals surface area contributed by atoms with Crippen LogP contribution in [0.1, 0.15) is 20.3 Å². The van der Waals surface area contributed by atoms with Crippen LogP contribution in [0.15, 0.2) is 0 Å². The highest BCUT2D eigenvalue weighted by Gasteiger charge is 2.20. The van der Waals surface area contributed by atoms with E-state index in [4.69, 9.17) is 18.0 Å². The van der Waals surface area contributed by atoms with Gasteiger partial charge in [-0.25, -0.2) is 0 Å². The molecule has 0 aliphatic rings. The molecule has 88 valence electrons. The van der Waals surface area contributed by atoms with Gasteiger partial charge in [0.1, 0.15) is 0 Å². The summed E-state index contributed by atoms with van der Waals surface area (Å²) in [5.41, 5.74) is 5.49. The molecular weight excluding hydrogens is 210 g/mol. The minimum absolute atomic E-state index is 0.0700. The van der Waals surface area contributed by atoms with Crippen LogP contribution in [-0.4, -0.2) is 42.5 Å². The maximum atomic E-state index is 11.7. The van der Waals surface area contributed by atoms with Crippen LogP contribution in [-0.2, 0) is 4.79 Å². The first-order chi connectivity index (χ1) is 6.88. The predicted molar refractivity (Wildman–Crippen MR) is 66.7 cm³/mol. The summed E-state index contributed by atoms with van der Waals surface area (Å²) in [4.78, 5) is 14.0. The number of nitrogens with two attached hydrogens (primary N) is 1. The molecule has 0 rings (SSSR count). The SMILES string of the molecule is CCC(C(=O)NC(C)CN(C)C)C(N)=S. The Bertz CT molecular complexity index is 231. The molecule has 15 heavy (non-hydrogen) atoms. The molecule has 4 nitrogen and oxygen atoms in total. The second-order valence-corrected chi connectivity index (χ2v) is 4.51. The third-order valence-corrected chi connectivity index (χ3v) is 2.38. The van der Waals surface area contributed by atoms with Crippen LogP contribution >= 0.6 is 12.2 Å². The molecule has 0 saturated heterocycles. The van der Waals surface area contributed by atoms with Gasteiger partial charge in [0.2, 0.25) is 5.91 Å². The van der Waals surface area contributed by atoms with E-state index in [0.29, 0.717) is 6.42 Å². The van der Waals surface area contributed by atoms with Crippen molar-refractivity contribution in [3.8, 4) is 0 Å². The van der Waals surface area contributed by atoms with Gasteiger partial charge in [-0.2, -0.15) is 0 Å². The Kier molecular flexibility index (Phi) is 6.43. The fourth-order valence-electron chi connectivity index (χ4n) is 1.45. The van der Waals surface area contributed by atoms with Gasteiger partial charge in [-0.15, -0.1) is 0 Å². The second-order valence-electron chi connectivity index (χ2n) is 4.04. The molecule has 0 heterocycles. The molecule has 2 unspecified atom stereocenters. The number of nitrogens with one attached hydrogen (secondary N) is 1. The number of hydrogen-bond acceptors (Lipinski definition) is 3. The highest BCUT2D eigenvalue weighted by molar-refractivity contribution is 7.80. The Labute approximate surface area is 97.2 Å². The lowest BCUT2D eigenvalue weighted by Gasteiger charge is -2.21. The predicted octanol–water partition coefficient (Wildman–Crippen LogP) is 0.365. The summed E-state index contributed by atoms with van der Waals surface area (Å²) < 4.78 is 0. The summed E-state index contributed by atoms with van der Waals surface area (Å²) in [6.45, 7) is 4.67. The zero-order valence-corrected chi connectivity index (χ0v) is 10.7. The van der Waals surface area contributed by atoms with Crippen molar-refractivity contribution in [1.82, 2.24) is 10.2 Å². The molecule has 3 N–H and O–H groups in total. The minimum Gasteiger partial charge on any atom is -0.393 e. The number of nitrogens with zero attached hydrogens (tertiary/aromatic N) is 1. The van der Waals surface area contributed by atoms with E-state index < -0.39 is 0 Å². The van der Waals surface area contributed by atoms with Gasteiger partial charge in [-0.05, 0) is 27.4 Å². The number of likely N-dealkylation sites (N-methyl/N-ethyl adjacent to an activating group) is 1. The minimum atomic E-state index is -0.343. The fraction of sp³-hybridized carbons (Fsp3) is 0.800. The van der Waals surface area contributed by atoms with Gasteiger partial charge in [-0.3, -0.25) is 4.79 Å². The van der Waals surface area contributed by atoms with E-state index in [2.05, 4.69) is 5.32 Å². The van der Waals surface area contributed by atoms with Gasteiger partial charge < -0.3 is 16.0 Å². The lowest BCUT2D eigenvalue weighted by molar-refractivity contribution is -0.123. The molecule has 2 atom stereocenters. The molecule has 0 spiro atoms. The first-order valence-electron chi connectivity index (χ1n) is 5.12.